The molecule has 1 aromatic carbocycles. The highest BCUT2D eigenvalue weighted by molar-refractivity contribution is 5.75. The van der Waals surface area contributed by atoms with Gasteiger partial charge in [-0.15, -0.1) is 0 Å². The van der Waals surface area contributed by atoms with Gasteiger partial charge < -0.3 is 0 Å². The zero-order valence-electron chi connectivity index (χ0n) is 18.4. The SMILES string of the molecule is CCCCCCCCC1CCC(C2C=CC(c3ccc(C)c(F)c3F)=CC2)CC1. The Labute approximate surface area is 176 Å². The fourth-order valence-electron chi connectivity index (χ4n) is 5.17. The van der Waals surface area contributed by atoms with Crippen molar-refractivity contribution in [2.75, 3.05) is 0 Å². The quantitative estimate of drug-likeness (QED) is 0.363. The van der Waals surface area contributed by atoms with E-state index in [1.807, 2.05) is 6.08 Å². The van der Waals surface area contributed by atoms with E-state index in [0.717, 1.165) is 23.8 Å². The Kier molecular flexibility index (Phi) is 8.51. The van der Waals surface area contributed by atoms with Gasteiger partial charge in [0.25, 0.3) is 0 Å². The van der Waals surface area contributed by atoms with Crippen LogP contribution < -0.4 is 0 Å². The highest BCUT2D eigenvalue weighted by Crippen LogP contribution is 2.40. The van der Waals surface area contributed by atoms with Crippen LogP contribution in [0.4, 0.5) is 8.78 Å². The smallest absolute Gasteiger partial charge is 0.166 e. The van der Waals surface area contributed by atoms with Crippen molar-refractivity contribution in [2.45, 2.75) is 90.9 Å². The molecule has 0 radical (unpaired) electrons. The summed E-state index contributed by atoms with van der Waals surface area (Å²) in [4.78, 5) is 0. The lowest BCUT2D eigenvalue weighted by Crippen LogP contribution is -2.21. The van der Waals surface area contributed by atoms with Crippen LogP contribution in [0.5, 0.6) is 0 Å². The van der Waals surface area contributed by atoms with E-state index >= 15 is 0 Å². The maximum Gasteiger partial charge on any atom is 0.166 e. The molecule has 0 aromatic heterocycles. The summed E-state index contributed by atoms with van der Waals surface area (Å²) in [5, 5.41) is 0. The summed E-state index contributed by atoms with van der Waals surface area (Å²) in [5.41, 5.74) is 1.59. The molecule has 29 heavy (non-hydrogen) atoms. The summed E-state index contributed by atoms with van der Waals surface area (Å²) in [5.74, 6) is 0.814. The van der Waals surface area contributed by atoms with Gasteiger partial charge in [-0.2, -0.15) is 0 Å². The molecule has 0 bridgehead atoms. The summed E-state index contributed by atoms with van der Waals surface area (Å²) in [6.45, 7) is 3.88. The molecule has 0 saturated heterocycles. The molecule has 0 amide bonds. The van der Waals surface area contributed by atoms with Crippen molar-refractivity contribution in [1.29, 1.82) is 0 Å². The van der Waals surface area contributed by atoms with Crippen LogP contribution in [0.1, 0.15) is 95.1 Å². The second-order valence-electron chi connectivity index (χ2n) is 9.31. The van der Waals surface area contributed by atoms with E-state index < -0.39 is 11.6 Å². The van der Waals surface area contributed by atoms with Crippen LogP contribution in [-0.2, 0) is 0 Å². The molecule has 0 aliphatic heterocycles. The van der Waals surface area contributed by atoms with Crippen molar-refractivity contribution in [2.24, 2.45) is 17.8 Å². The van der Waals surface area contributed by atoms with Crippen LogP contribution in [0.25, 0.3) is 5.57 Å². The van der Waals surface area contributed by atoms with Crippen molar-refractivity contribution in [1.82, 2.24) is 0 Å². The summed E-state index contributed by atoms with van der Waals surface area (Å²) < 4.78 is 28.2. The molecule has 1 aromatic rings. The van der Waals surface area contributed by atoms with E-state index in [0.29, 0.717) is 17.0 Å². The minimum Gasteiger partial charge on any atom is -0.203 e. The Morgan fingerprint density at radius 2 is 1.62 bits per heavy atom. The molecule has 1 saturated carbocycles. The van der Waals surface area contributed by atoms with Gasteiger partial charge >= 0.3 is 0 Å². The van der Waals surface area contributed by atoms with Crippen molar-refractivity contribution >= 4 is 5.57 Å². The number of hydrogen-bond donors (Lipinski definition) is 0. The predicted octanol–water partition coefficient (Wildman–Crippen LogP) is 8.79. The molecule has 0 spiro atoms. The lowest BCUT2D eigenvalue weighted by molar-refractivity contribution is 0.218. The summed E-state index contributed by atoms with van der Waals surface area (Å²) in [7, 11) is 0. The standard InChI is InChI=1S/C27H38F2/c1-3-4-5-6-7-8-9-21-11-13-22(14-12-21)23-15-17-24(18-16-23)25-19-10-20(2)26(28)27(25)29/h10,15,17-19,21-23H,3-9,11-14,16H2,1-2H3. The van der Waals surface area contributed by atoms with Gasteiger partial charge in [0.2, 0.25) is 0 Å². The number of halogens is 2. The van der Waals surface area contributed by atoms with Crippen LogP contribution in [0.2, 0.25) is 0 Å². The van der Waals surface area contributed by atoms with E-state index in [1.165, 1.54) is 70.6 Å². The van der Waals surface area contributed by atoms with Crippen molar-refractivity contribution in [3.05, 3.63) is 53.1 Å². The Bertz CT molecular complexity index is 707. The summed E-state index contributed by atoms with van der Waals surface area (Å²) in [6, 6.07) is 3.37. The Morgan fingerprint density at radius 3 is 2.31 bits per heavy atom. The van der Waals surface area contributed by atoms with E-state index in [2.05, 4.69) is 19.1 Å². The maximum absolute atomic E-state index is 14.3. The molecule has 2 aliphatic carbocycles. The van der Waals surface area contributed by atoms with Crippen LogP contribution in [0.3, 0.4) is 0 Å². The minimum absolute atomic E-state index is 0.363. The monoisotopic (exact) mass is 400 g/mol. The van der Waals surface area contributed by atoms with Crippen LogP contribution in [0.15, 0.2) is 30.4 Å². The maximum atomic E-state index is 14.3. The molecule has 2 aliphatic rings. The fourth-order valence-corrected chi connectivity index (χ4v) is 5.17. The van der Waals surface area contributed by atoms with Gasteiger partial charge in [0, 0.05) is 5.56 Å². The van der Waals surface area contributed by atoms with E-state index in [-0.39, 0.29) is 0 Å². The molecule has 160 valence electrons. The Balaban J connectivity index is 1.42. The van der Waals surface area contributed by atoms with Crippen molar-refractivity contribution in [3.8, 4) is 0 Å². The van der Waals surface area contributed by atoms with Crippen molar-refractivity contribution in [3.63, 3.8) is 0 Å². The summed E-state index contributed by atoms with van der Waals surface area (Å²) in [6.07, 6.45) is 22.5. The minimum atomic E-state index is -0.720. The molecule has 2 heteroatoms. The van der Waals surface area contributed by atoms with Gasteiger partial charge in [0.1, 0.15) is 0 Å². The first-order valence-corrected chi connectivity index (χ1v) is 11.9. The molecular formula is C27H38F2. The van der Waals surface area contributed by atoms with Crippen LogP contribution in [-0.4, -0.2) is 0 Å². The van der Waals surface area contributed by atoms with Crippen LogP contribution >= 0.6 is 0 Å². The van der Waals surface area contributed by atoms with Crippen molar-refractivity contribution < 1.29 is 8.78 Å². The van der Waals surface area contributed by atoms with Gasteiger partial charge in [-0.3, -0.25) is 0 Å². The Hall–Kier alpha value is -1.44. The van der Waals surface area contributed by atoms with Gasteiger partial charge in [-0.05, 0) is 55.1 Å². The average Bonchev–Trinajstić information content (AvgIpc) is 2.75. The molecular weight excluding hydrogens is 362 g/mol. The molecule has 1 fully saturated rings. The zero-order valence-corrected chi connectivity index (χ0v) is 18.4. The highest BCUT2D eigenvalue weighted by Gasteiger charge is 2.27. The summed E-state index contributed by atoms with van der Waals surface area (Å²) >= 11 is 0. The number of allylic oxidation sites excluding steroid dienone is 4. The third-order valence-electron chi connectivity index (χ3n) is 7.18. The third-order valence-corrected chi connectivity index (χ3v) is 7.18. The average molecular weight is 401 g/mol. The second-order valence-corrected chi connectivity index (χ2v) is 9.31. The first-order valence-electron chi connectivity index (χ1n) is 11.9. The van der Waals surface area contributed by atoms with Crippen LogP contribution in [0, 0.1) is 36.3 Å². The van der Waals surface area contributed by atoms with Gasteiger partial charge in [0.05, 0.1) is 0 Å². The van der Waals surface area contributed by atoms with E-state index in [1.54, 1.807) is 19.1 Å². The predicted molar refractivity (Wildman–Crippen MR) is 120 cm³/mol. The number of rotatable bonds is 9. The van der Waals surface area contributed by atoms with Gasteiger partial charge in [-0.1, -0.05) is 95.1 Å². The fraction of sp³-hybridized carbons (Fsp3) is 0.630. The first-order chi connectivity index (χ1) is 14.1. The van der Waals surface area contributed by atoms with Gasteiger partial charge in [0.15, 0.2) is 11.6 Å². The molecule has 0 nitrogen and oxygen atoms in total. The van der Waals surface area contributed by atoms with Gasteiger partial charge in [-0.25, -0.2) is 8.78 Å². The number of hydrogen-bond acceptors (Lipinski definition) is 0. The normalized spacial score (nSPS) is 24.6. The largest absolute Gasteiger partial charge is 0.203 e. The molecule has 0 N–H and O–H groups in total. The molecule has 3 rings (SSSR count). The molecule has 1 atom stereocenters. The molecule has 0 heterocycles. The Morgan fingerprint density at radius 1 is 0.897 bits per heavy atom. The number of unbranched alkanes of at least 4 members (excludes halogenated alkanes) is 5. The highest BCUT2D eigenvalue weighted by atomic mass is 19.2. The first kappa shape index (κ1) is 22.2. The second kappa shape index (κ2) is 11.1. The molecule has 1 unspecified atom stereocenters. The lowest BCUT2D eigenvalue weighted by atomic mass is 9.72. The van der Waals surface area contributed by atoms with E-state index in [9.17, 15) is 8.78 Å². The third kappa shape index (κ3) is 6.03. The van der Waals surface area contributed by atoms with E-state index in [4.69, 9.17) is 0 Å². The lowest BCUT2D eigenvalue weighted by Gasteiger charge is -2.33. The zero-order chi connectivity index (χ0) is 20.6. The number of aryl methyl sites for hydroxylation is 1. The topological polar surface area (TPSA) is 0 Å². The number of benzene rings is 1.